The van der Waals surface area contributed by atoms with Gasteiger partial charge in [0.1, 0.15) is 0 Å². The van der Waals surface area contributed by atoms with Gasteiger partial charge in [0.25, 0.3) is 0 Å². The Kier molecular flexibility index (Phi) is 6.63. The summed E-state index contributed by atoms with van der Waals surface area (Å²) in [6.07, 6.45) is 1.73. The van der Waals surface area contributed by atoms with E-state index in [-0.39, 0.29) is 5.91 Å². The van der Waals surface area contributed by atoms with Crippen LogP contribution >= 0.6 is 23.2 Å². The maximum absolute atomic E-state index is 11.9. The number of aryl methyl sites for hydroxylation is 1. The van der Waals surface area contributed by atoms with Crippen LogP contribution in [0.5, 0.6) is 0 Å². The lowest BCUT2D eigenvalue weighted by atomic mass is 10.1. The molecule has 0 saturated heterocycles. The number of hydrogen-bond acceptors (Lipinski definition) is 2. The van der Waals surface area contributed by atoms with Crippen molar-refractivity contribution in [2.75, 3.05) is 0 Å². The van der Waals surface area contributed by atoms with Gasteiger partial charge in [-0.3, -0.25) is 4.79 Å². The first-order valence-corrected chi connectivity index (χ1v) is 8.20. The highest BCUT2D eigenvalue weighted by Crippen LogP contribution is 2.22. The van der Waals surface area contributed by atoms with Crippen molar-refractivity contribution in [3.05, 3.63) is 69.7 Å². The zero-order valence-electron chi connectivity index (χ0n) is 12.9. The molecule has 0 radical (unpaired) electrons. The van der Waals surface area contributed by atoms with Gasteiger partial charge in [0, 0.05) is 17.0 Å². The molecule has 0 atom stereocenters. The zero-order chi connectivity index (χ0) is 16.7. The lowest BCUT2D eigenvalue weighted by Gasteiger charge is -2.08. The van der Waals surface area contributed by atoms with E-state index in [9.17, 15) is 4.79 Å². The predicted octanol–water partition coefficient (Wildman–Crippen LogP) is 4.86. The van der Waals surface area contributed by atoms with Crippen LogP contribution in [0.4, 0.5) is 0 Å². The first kappa shape index (κ1) is 17.5. The summed E-state index contributed by atoms with van der Waals surface area (Å²) in [5.74, 6) is -0.120. The largest absolute Gasteiger partial charge is 0.273 e. The van der Waals surface area contributed by atoms with E-state index >= 15 is 0 Å². The molecule has 0 heterocycles. The van der Waals surface area contributed by atoms with Crippen molar-refractivity contribution in [2.45, 2.75) is 26.2 Å². The summed E-state index contributed by atoms with van der Waals surface area (Å²) in [5, 5.41) is 5.30. The molecule has 23 heavy (non-hydrogen) atoms. The van der Waals surface area contributed by atoms with Crippen molar-refractivity contribution in [3.8, 4) is 0 Å². The Morgan fingerprint density at radius 1 is 1.13 bits per heavy atom. The summed E-state index contributed by atoms with van der Waals surface area (Å²) in [4.78, 5) is 11.9. The molecule has 0 saturated carbocycles. The number of benzene rings is 2. The second-order valence-electron chi connectivity index (χ2n) is 5.06. The number of nitrogens with zero attached hydrogens (tertiary/aromatic N) is 1. The maximum atomic E-state index is 11.9. The Hall–Kier alpha value is -1.84. The Morgan fingerprint density at radius 2 is 1.87 bits per heavy atom. The highest BCUT2D eigenvalue weighted by Gasteiger charge is 2.08. The number of hydrogen-bond donors (Lipinski definition) is 1. The average molecular weight is 349 g/mol. The minimum Gasteiger partial charge on any atom is -0.273 e. The maximum Gasteiger partial charge on any atom is 0.240 e. The van der Waals surface area contributed by atoms with Crippen molar-refractivity contribution >= 4 is 34.8 Å². The molecule has 0 aliphatic heterocycles. The Bertz CT molecular complexity index is 699. The Labute approximate surface area is 146 Å². The molecule has 120 valence electrons. The summed E-state index contributed by atoms with van der Waals surface area (Å²) in [6.45, 7) is 1.96. The summed E-state index contributed by atoms with van der Waals surface area (Å²) < 4.78 is 0. The molecular formula is C18H18Cl2N2O. The van der Waals surface area contributed by atoms with E-state index in [1.165, 1.54) is 0 Å². The standard InChI is InChI=1S/C18H18Cl2N2O/c1-2-17(15-10-9-14(19)12-16(15)20)21-22-18(23)11-8-13-6-4-3-5-7-13/h3-7,9-10,12H,2,8,11H2,1H3,(H,22,23). The van der Waals surface area contributed by atoms with Crippen LogP contribution in [0.1, 0.15) is 30.9 Å². The SMILES string of the molecule is CCC(=NNC(=O)CCc1ccccc1)c1ccc(Cl)cc1Cl. The molecule has 1 N–H and O–H groups in total. The molecule has 0 unspecified atom stereocenters. The van der Waals surface area contributed by atoms with Crippen LogP contribution in [0.3, 0.4) is 0 Å². The third-order valence-corrected chi connectivity index (χ3v) is 3.92. The van der Waals surface area contributed by atoms with Crippen LogP contribution in [0, 0.1) is 0 Å². The van der Waals surface area contributed by atoms with Crippen molar-refractivity contribution in [2.24, 2.45) is 5.10 Å². The molecule has 0 spiro atoms. The fraction of sp³-hybridized carbons (Fsp3) is 0.222. The number of hydrazone groups is 1. The molecule has 0 bridgehead atoms. The highest BCUT2D eigenvalue weighted by atomic mass is 35.5. The number of rotatable bonds is 6. The van der Waals surface area contributed by atoms with E-state index in [1.54, 1.807) is 12.1 Å². The van der Waals surface area contributed by atoms with E-state index < -0.39 is 0 Å². The van der Waals surface area contributed by atoms with Crippen molar-refractivity contribution in [3.63, 3.8) is 0 Å². The third-order valence-electron chi connectivity index (χ3n) is 3.38. The molecule has 3 nitrogen and oxygen atoms in total. The number of carbonyl (C=O) groups is 1. The number of halogens is 2. The van der Waals surface area contributed by atoms with E-state index in [0.29, 0.717) is 29.3 Å². The summed E-state index contributed by atoms with van der Waals surface area (Å²) in [6, 6.07) is 15.1. The van der Waals surface area contributed by atoms with Crippen molar-refractivity contribution in [1.82, 2.24) is 5.43 Å². The van der Waals surface area contributed by atoms with Crippen LogP contribution in [-0.4, -0.2) is 11.6 Å². The Morgan fingerprint density at radius 3 is 2.52 bits per heavy atom. The van der Waals surface area contributed by atoms with Crippen molar-refractivity contribution in [1.29, 1.82) is 0 Å². The van der Waals surface area contributed by atoms with Gasteiger partial charge in [0.2, 0.25) is 5.91 Å². The van der Waals surface area contributed by atoms with Gasteiger partial charge in [-0.25, -0.2) is 5.43 Å². The molecule has 0 fully saturated rings. The summed E-state index contributed by atoms with van der Waals surface area (Å²) in [7, 11) is 0. The minimum atomic E-state index is -0.120. The van der Waals surface area contributed by atoms with Gasteiger partial charge in [-0.05, 0) is 30.5 Å². The van der Waals surface area contributed by atoms with E-state index in [0.717, 1.165) is 16.8 Å². The molecule has 1 amide bonds. The van der Waals surface area contributed by atoms with Crippen LogP contribution in [-0.2, 0) is 11.2 Å². The predicted molar refractivity (Wildman–Crippen MR) is 96.2 cm³/mol. The summed E-state index contributed by atoms with van der Waals surface area (Å²) >= 11 is 12.1. The second kappa shape index (κ2) is 8.70. The first-order valence-electron chi connectivity index (χ1n) is 7.45. The van der Waals surface area contributed by atoms with Gasteiger partial charge in [-0.2, -0.15) is 5.10 Å². The first-order chi connectivity index (χ1) is 11.1. The lowest BCUT2D eigenvalue weighted by molar-refractivity contribution is -0.121. The molecule has 5 heteroatoms. The van der Waals surface area contributed by atoms with Crippen LogP contribution in [0.2, 0.25) is 10.0 Å². The average Bonchev–Trinajstić information content (AvgIpc) is 2.56. The zero-order valence-corrected chi connectivity index (χ0v) is 14.4. The molecule has 0 aliphatic carbocycles. The lowest BCUT2D eigenvalue weighted by Crippen LogP contribution is -2.20. The molecule has 0 aliphatic rings. The topological polar surface area (TPSA) is 41.5 Å². The fourth-order valence-corrected chi connectivity index (χ4v) is 2.66. The quantitative estimate of drug-likeness (QED) is 0.587. The van der Waals surface area contributed by atoms with Gasteiger partial charge in [-0.1, -0.05) is 66.5 Å². The van der Waals surface area contributed by atoms with E-state index in [2.05, 4.69) is 10.5 Å². The summed E-state index contributed by atoms with van der Waals surface area (Å²) in [5.41, 5.74) is 5.23. The number of amides is 1. The normalized spacial score (nSPS) is 11.3. The molecule has 2 aromatic rings. The molecular weight excluding hydrogens is 331 g/mol. The van der Waals surface area contributed by atoms with Crippen molar-refractivity contribution < 1.29 is 4.79 Å². The minimum absolute atomic E-state index is 0.120. The highest BCUT2D eigenvalue weighted by molar-refractivity contribution is 6.37. The fourth-order valence-electron chi connectivity index (χ4n) is 2.14. The molecule has 0 aromatic heterocycles. The van der Waals surface area contributed by atoms with Gasteiger partial charge in [0.05, 0.1) is 10.7 Å². The number of carbonyl (C=O) groups excluding carboxylic acids is 1. The molecule has 2 aromatic carbocycles. The van der Waals surface area contributed by atoms with Crippen LogP contribution in [0.25, 0.3) is 0 Å². The Balaban J connectivity index is 1.97. The number of nitrogens with one attached hydrogen (secondary N) is 1. The van der Waals surface area contributed by atoms with Crippen LogP contribution in [0.15, 0.2) is 53.6 Å². The third kappa shape index (κ3) is 5.38. The van der Waals surface area contributed by atoms with Gasteiger partial charge in [-0.15, -0.1) is 0 Å². The molecule has 2 rings (SSSR count). The van der Waals surface area contributed by atoms with Gasteiger partial charge < -0.3 is 0 Å². The smallest absolute Gasteiger partial charge is 0.240 e. The van der Waals surface area contributed by atoms with E-state index in [4.69, 9.17) is 23.2 Å². The van der Waals surface area contributed by atoms with Crippen LogP contribution < -0.4 is 5.43 Å². The second-order valence-corrected chi connectivity index (χ2v) is 5.90. The van der Waals surface area contributed by atoms with Gasteiger partial charge in [0.15, 0.2) is 0 Å². The van der Waals surface area contributed by atoms with Gasteiger partial charge >= 0.3 is 0 Å². The monoisotopic (exact) mass is 348 g/mol. The van der Waals surface area contributed by atoms with E-state index in [1.807, 2.05) is 43.3 Å².